The van der Waals surface area contributed by atoms with E-state index in [2.05, 4.69) is 10.6 Å². The van der Waals surface area contributed by atoms with Crippen LogP contribution in [0.4, 0.5) is 0 Å². The molecule has 0 bridgehead atoms. The van der Waals surface area contributed by atoms with Crippen molar-refractivity contribution in [2.75, 3.05) is 13.1 Å². The normalized spacial score (nSPS) is 22.8. The largest absolute Gasteiger partial charge is 0.352 e. The van der Waals surface area contributed by atoms with Gasteiger partial charge in [0.05, 0.1) is 13.1 Å². The van der Waals surface area contributed by atoms with Crippen molar-refractivity contribution in [2.45, 2.75) is 31.3 Å². The molecule has 0 aromatic rings. The van der Waals surface area contributed by atoms with Gasteiger partial charge < -0.3 is 15.5 Å². The number of hydrogen-bond donors (Lipinski definition) is 2. The zero-order valence-corrected chi connectivity index (χ0v) is 9.85. The van der Waals surface area contributed by atoms with Gasteiger partial charge in [0.1, 0.15) is 6.04 Å². The molecule has 1 aliphatic heterocycles. The Morgan fingerprint density at radius 2 is 2.11 bits per heavy atom. The highest BCUT2D eigenvalue weighted by Gasteiger charge is 2.39. The quantitative estimate of drug-likeness (QED) is 0.564. The van der Waals surface area contributed by atoms with Crippen molar-refractivity contribution in [2.24, 2.45) is 0 Å². The smallest absolute Gasteiger partial charge is 0.243 e. The lowest BCUT2D eigenvalue weighted by atomic mass is 10.2. The zero-order chi connectivity index (χ0) is 13.1. The van der Waals surface area contributed by atoms with Crippen molar-refractivity contribution < 1.29 is 19.2 Å². The third-order valence-electron chi connectivity index (χ3n) is 3.03. The van der Waals surface area contributed by atoms with E-state index in [1.54, 1.807) is 0 Å². The van der Waals surface area contributed by atoms with Crippen LogP contribution in [0.1, 0.15) is 19.3 Å². The van der Waals surface area contributed by atoms with Crippen LogP contribution in [0.2, 0.25) is 0 Å². The summed E-state index contributed by atoms with van der Waals surface area (Å²) in [5.41, 5.74) is 0. The second kappa shape index (κ2) is 5.16. The van der Waals surface area contributed by atoms with Gasteiger partial charge in [-0.25, -0.2) is 0 Å². The molecule has 1 aliphatic carbocycles. The van der Waals surface area contributed by atoms with Crippen LogP contribution < -0.4 is 10.6 Å². The summed E-state index contributed by atoms with van der Waals surface area (Å²) in [6.07, 6.45) is 2.38. The Hall–Kier alpha value is -1.92. The minimum absolute atomic E-state index is 0.0534. The number of ketones is 1. The predicted molar refractivity (Wildman–Crippen MR) is 60.4 cm³/mol. The number of Topliss-reactive ketones (excluding diaryl/α,β-unsaturated/α-hetero) is 1. The lowest BCUT2D eigenvalue weighted by Crippen LogP contribution is -2.48. The molecule has 0 radical (unpaired) electrons. The Morgan fingerprint density at radius 1 is 1.39 bits per heavy atom. The third kappa shape index (κ3) is 2.85. The highest BCUT2D eigenvalue weighted by atomic mass is 16.2. The van der Waals surface area contributed by atoms with Crippen LogP contribution >= 0.6 is 0 Å². The third-order valence-corrected chi connectivity index (χ3v) is 3.03. The van der Waals surface area contributed by atoms with Crippen LogP contribution in [0.3, 0.4) is 0 Å². The first kappa shape index (κ1) is 12.5. The zero-order valence-electron chi connectivity index (χ0n) is 9.85. The van der Waals surface area contributed by atoms with Gasteiger partial charge in [0.25, 0.3) is 0 Å². The van der Waals surface area contributed by atoms with E-state index in [-0.39, 0.29) is 37.2 Å². The Balaban J connectivity index is 1.96. The van der Waals surface area contributed by atoms with Gasteiger partial charge in [-0.15, -0.1) is 0 Å². The molecular formula is C11H15N3O4. The van der Waals surface area contributed by atoms with Gasteiger partial charge in [0.2, 0.25) is 18.2 Å². The molecular weight excluding hydrogens is 238 g/mol. The maximum Gasteiger partial charge on any atom is 0.243 e. The van der Waals surface area contributed by atoms with Crippen molar-refractivity contribution in [3.8, 4) is 0 Å². The molecule has 2 rings (SSSR count). The fourth-order valence-electron chi connectivity index (χ4n) is 1.94. The summed E-state index contributed by atoms with van der Waals surface area (Å²) in [7, 11) is 0. The summed E-state index contributed by atoms with van der Waals surface area (Å²) in [5, 5.41) is 5.02. The molecule has 7 nitrogen and oxygen atoms in total. The molecule has 0 aromatic heterocycles. The van der Waals surface area contributed by atoms with Crippen molar-refractivity contribution in [1.82, 2.24) is 15.5 Å². The molecule has 1 saturated carbocycles. The molecule has 98 valence electrons. The molecule has 2 N–H and O–H groups in total. The lowest BCUT2D eigenvalue weighted by molar-refractivity contribution is -0.138. The summed E-state index contributed by atoms with van der Waals surface area (Å²) < 4.78 is 0. The molecule has 18 heavy (non-hydrogen) atoms. The maximum absolute atomic E-state index is 11.9. The van der Waals surface area contributed by atoms with Crippen LogP contribution in [0.5, 0.6) is 0 Å². The van der Waals surface area contributed by atoms with Gasteiger partial charge in [-0.1, -0.05) is 0 Å². The van der Waals surface area contributed by atoms with E-state index < -0.39 is 11.9 Å². The van der Waals surface area contributed by atoms with Gasteiger partial charge in [-0.2, -0.15) is 0 Å². The van der Waals surface area contributed by atoms with E-state index in [4.69, 9.17) is 0 Å². The summed E-state index contributed by atoms with van der Waals surface area (Å²) in [6.45, 7) is -0.244. The molecule has 1 atom stereocenters. The molecule has 7 heteroatoms. The van der Waals surface area contributed by atoms with Crippen molar-refractivity contribution >= 4 is 24.0 Å². The predicted octanol–water partition coefficient (Wildman–Crippen LogP) is -1.82. The summed E-state index contributed by atoms with van der Waals surface area (Å²) in [6, 6.07) is -0.530. The first-order valence-electron chi connectivity index (χ1n) is 5.90. The van der Waals surface area contributed by atoms with E-state index in [1.165, 1.54) is 4.90 Å². The number of carbonyl (C=O) groups is 4. The van der Waals surface area contributed by atoms with Crippen LogP contribution in [-0.4, -0.2) is 54.1 Å². The molecule has 2 fully saturated rings. The number of amides is 3. The van der Waals surface area contributed by atoms with E-state index in [0.29, 0.717) is 6.41 Å². The number of carbonyl (C=O) groups excluding carboxylic acids is 4. The first-order chi connectivity index (χ1) is 8.61. The van der Waals surface area contributed by atoms with Gasteiger partial charge in [0.15, 0.2) is 5.78 Å². The minimum Gasteiger partial charge on any atom is -0.352 e. The van der Waals surface area contributed by atoms with Crippen LogP contribution in [0, 0.1) is 0 Å². The lowest BCUT2D eigenvalue weighted by Gasteiger charge is -2.22. The Labute approximate surface area is 104 Å². The van der Waals surface area contributed by atoms with Crippen molar-refractivity contribution in [3.05, 3.63) is 0 Å². The topological polar surface area (TPSA) is 95.6 Å². The fourth-order valence-corrected chi connectivity index (χ4v) is 1.94. The molecule has 2 aliphatic rings. The Morgan fingerprint density at radius 3 is 2.72 bits per heavy atom. The average molecular weight is 253 g/mol. The van der Waals surface area contributed by atoms with Gasteiger partial charge >= 0.3 is 0 Å². The Kier molecular flexibility index (Phi) is 3.59. The van der Waals surface area contributed by atoms with Crippen molar-refractivity contribution in [3.63, 3.8) is 0 Å². The van der Waals surface area contributed by atoms with Crippen LogP contribution in [0.15, 0.2) is 0 Å². The maximum atomic E-state index is 11.9. The number of nitrogens with zero attached hydrogens (tertiary/aromatic N) is 1. The monoisotopic (exact) mass is 253 g/mol. The molecule has 1 saturated heterocycles. The number of rotatable bonds is 5. The van der Waals surface area contributed by atoms with Gasteiger partial charge in [-0.3, -0.25) is 19.2 Å². The second-order valence-electron chi connectivity index (χ2n) is 4.56. The fraction of sp³-hybridized carbons (Fsp3) is 0.636. The van der Waals surface area contributed by atoms with Gasteiger partial charge in [0, 0.05) is 12.5 Å². The van der Waals surface area contributed by atoms with E-state index in [1.807, 2.05) is 0 Å². The summed E-state index contributed by atoms with van der Waals surface area (Å²) >= 11 is 0. The number of hydrogen-bond acceptors (Lipinski definition) is 4. The first-order valence-corrected chi connectivity index (χ1v) is 5.90. The Bertz CT molecular complexity index is 392. The standard InChI is InChI=1S/C11H15N3O4/c15-6-12-4-10(17)14-5-8(16)3-9(14)11(18)13-7-1-2-7/h6-7,9H,1-5H2,(H,12,15)(H,13,18)/t9-/m0/s1. The minimum atomic E-state index is -0.723. The molecule has 3 amide bonds. The van der Waals surface area contributed by atoms with Crippen LogP contribution in [0.25, 0.3) is 0 Å². The second-order valence-corrected chi connectivity index (χ2v) is 4.56. The van der Waals surface area contributed by atoms with E-state index >= 15 is 0 Å². The SMILES string of the molecule is O=CNCC(=O)N1CC(=O)C[C@H]1C(=O)NC1CC1. The van der Waals surface area contributed by atoms with Crippen molar-refractivity contribution in [1.29, 1.82) is 0 Å². The van der Waals surface area contributed by atoms with E-state index in [0.717, 1.165) is 12.8 Å². The molecule has 0 aromatic carbocycles. The summed E-state index contributed by atoms with van der Waals surface area (Å²) in [5.74, 6) is -0.822. The van der Waals surface area contributed by atoms with Crippen LogP contribution in [-0.2, 0) is 19.2 Å². The average Bonchev–Trinajstić information content (AvgIpc) is 3.06. The number of nitrogens with one attached hydrogen (secondary N) is 2. The highest BCUT2D eigenvalue weighted by molar-refractivity contribution is 5.99. The van der Waals surface area contributed by atoms with E-state index in [9.17, 15) is 19.2 Å². The molecule has 0 spiro atoms. The molecule has 1 heterocycles. The van der Waals surface area contributed by atoms with Gasteiger partial charge in [-0.05, 0) is 12.8 Å². The molecule has 0 unspecified atom stereocenters. The summed E-state index contributed by atoms with van der Waals surface area (Å²) in [4.78, 5) is 46.4. The number of likely N-dealkylation sites (tertiary alicyclic amines) is 1. The highest BCUT2D eigenvalue weighted by Crippen LogP contribution is 2.21.